The number of nitrogens with two attached hydrogens (primary N) is 1. The minimum absolute atomic E-state index is 0.0568. The lowest BCUT2D eigenvalue weighted by atomic mass is 10.2. The van der Waals surface area contributed by atoms with E-state index in [0.717, 1.165) is 5.69 Å². The Morgan fingerprint density at radius 2 is 2.05 bits per heavy atom. The van der Waals surface area contributed by atoms with Crippen molar-refractivity contribution in [3.63, 3.8) is 0 Å². The number of hydrogen-bond acceptors (Lipinski definition) is 8. The Morgan fingerprint density at radius 1 is 1.25 bits per heavy atom. The van der Waals surface area contributed by atoms with Gasteiger partial charge in [0.25, 0.3) is 0 Å². The first kappa shape index (κ1) is 13.9. The van der Waals surface area contributed by atoms with Crippen LogP contribution < -0.4 is 21.3 Å². The molecule has 8 nitrogen and oxygen atoms in total. The molecule has 20 heavy (non-hydrogen) atoms. The van der Waals surface area contributed by atoms with E-state index in [2.05, 4.69) is 30.7 Å². The fraction of sp³-hybridized carbons (Fsp3) is 0.333. The summed E-state index contributed by atoms with van der Waals surface area (Å²) in [5.41, 5.74) is 3.26. The third-order valence-electron chi connectivity index (χ3n) is 2.49. The predicted octanol–water partition coefficient (Wildman–Crippen LogP) is 1.12. The summed E-state index contributed by atoms with van der Waals surface area (Å²) >= 11 is 0. The van der Waals surface area contributed by atoms with Gasteiger partial charge in [-0.25, -0.2) is 5.84 Å². The van der Waals surface area contributed by atoms with Crippen LogP contribution in [0, 0.1) is 0 Å². The molecule has 2 aromatic heterocycles. The summed E-state index contributed by atoms with van der Waals surface area (Å²) in [5, 5.41) is 3.13. The second-order valence-electron chi connectivity index (χ2n) is 3.96. The lowest BCUT2D eigenvalue weighted by Crippen LogP contribution is -2.16. The lowest BCUT2D eigenvalue weighted by molar-refractivity contribution is 0.312. The number of hydrazine groups is 1. The van der Waals surface area contributed by atoms with E-state index in [4.69, 9.17) is 10.6 Å². The van der Waals surface area contributed by atoms with Crippen molar-refractivity contribution in [3.8, 4) is 6.01 Å². The molecule has 0 fully saturated rings. The molecule has 2 heterocycles. The van der Waals surface area contributed by atoms with Gasteiger partial charge in [0, 0.05) is 6.20 Å². The summed E-state index contributed by atoms with van der Waals surface area (Å²) in [7, 11) is 0. The Morgan fingerprint density at radius 3 is 2.70 bits per heavy atom. The van der Waals surface area contributed by atoms with Crippen molar-refractivity contribution in [1.82, 2.24) is 19.9 Å². The molecule has 0 saturated carbocycles. The first-order valence-electron chi connectivity index (χ1n) is 6.26. The van der Waals surface area contributed by atoms with Crippen molar-refractivity contribution >= 4 is 11.9 Å². The van der Waals surface area contributed by atoms with Gasteiger partial charge in [0.2, 0.25) is 11.9 Å². The van der Waals surface area contributed by atoms with Crippen molar-refractivity contribution < 1.29 is 4.74 Å². The van der Waals surface area contributed by atoms with Crippen LogP contribution in [0.15, 0.2) is 24.4 Å². The van der Waals surface area contributed by atoms with Crippen LogP contribution in [0.4, 0.5) is 11.9 Å². The standard InChI is InChI=1S/C12H17N7O/c1-3-20-12-17-10(16-11(18-12)19-13)15-8(2)9-6-4-5-7-14-9/h4-8H,3,13H2,1-2H3,(H2,15,16,17,18,19). The van der Waals surface area contributed by atoms with Crippen LogP contribution in [0.3, 0.4) is 0 Å². The molecule has 2 aromatic rings. The van der Waals surface area contributed by atoms with Gasteiger partial charge in [0.15, 0.2) is 0 Å². The molecule has 0 saturated heterocycles. The number of anilines is 2. The molecule has 0 aliphatic heterocycles. The van der Waals surface area contributed by atoms with Crippen molar-refractivity contribution in [2.75, 3.05) is 17.3 Å². The van der Waals surface area contributed by atoms with Crippen molar-refractivity contribution in [2.24, 2.45) is 5.84 Å². The van der Waals surface area contributed by atoms with Gasteiger partial charge in [0.05, 0.1) is 18.3 Å². The van der Waals surface area contributed by atoms with Crippen LogP contribution in [0.25, 0.3) is 0 Å². The molecule has 0 aliphatic carbocycles. The molecule has 0 bridgehead atoms. The van der Waals surface area contributed by atoms with Gasteiger partial charge in [-0.3, -0.25) is 10.4 Å². The topological polar surface area (TPSA) is 111 Å². The van der Waals surface area contributed by atoms with Crippen molar-refractivity contribution in [3.05, 3.63) is 30.1 Å². The molecule has 2 rings (SSSR count). The van der Waals surface area contributed by atoms with Gasteiger partial charge in [-0.05, 0) is 26.0 Å². The maximum atomic E-state index is 5.33. The van der Waals surface area contributed by atoms with E-state index < -0.39 is 0 Å². The lowest BCUT2D eigenvalue weighted by Gasteiger charge is -2.14. The first-order valence-corrected chi connectivity index (χ1v) is 6.26. The quantitative estimate of drug-likeness (QED) is 0.531. The number of pyridine rings is 1. The Balaban J connectivity index is 2.17. The van der Waals surface area contributed by atoms with Gasteiger partial charge in [-0.2, -0.15) is 15.0 Å². The molecular formula is C12H17N7O. The Bertz CT molecular complexity index is 549. The zero-order valence-electron chi connectivity index (χ0n) is 11.4. The van der Waals surface area contributed by atoms with Gasteiger partial charge < -0.3 is 10.1 Å². The third-order valence-corrected chi connectivity index (χ3v) is 2.49. The maximum Gasteiger partial charge on any atom is 0.323 e. The van der Waals surface area contributed by atoms with Crippen molar-refractivity contribution in [2.45, 2.75) is 19.9 Å². The minimum Gasteiger partial charge on any atom is -0.464 e. The predicted molar refractivity (Wildman–Crippen MR) is 75.1 cm³/mol. The fourth-order valence-electron chi connectivity index (χ4n) is 1.58. The molecule has 106 valence electrons. The molecule has 1 unspecified atom stereocenters. The summed E-state index contributed by atoms with van der Waals surface area (Å²) in [6.07, 6.45) is 1.74. The molecular weight excluding hydrogens is 258 g/mol. The van der Waals surface area contributed by atoms with E-state index in [-0.39, 0.29) is 18.0 Å². The van der Waals surface area contributed by atoms with Crippen LogP contribution in [0.2, 0.25) is 0 Å². The number of nitrogens with zero attached hydrogens (tertiary/aromatic N) is 4. The average Bonchev–Trinajstić information content (AvgIpc) is 2.48. The molecule has 4 N–H and O–H groups in total. The molecule has 0 radical (unpaired) electrons. The highest BCUT2D eigenvalue weighted by Crippen LogP contribution is 2.17. The van der Waals surface area contributed by atoms with E-state index in [1.165, 1.54) is 0 Å². The first-order chi connectivity index (χ1) is 9.72. The van der Waals surface area contributed by atoms with Crippen LogP contribution in [0.1, 0.15) is 25.6 Å². The maximum absolute atomic E-state index is 5.33. The molecule has 1 atom stereocenters. The number of ether oxygens (including phenoxy) is 1. The second kappa shape index (κ2) is 6.62. The average molecular weight is 275 g/mol. The zero-order valence-corrected chi connectivity index (χ0v) is 11.4. The molecule has 8 heteroatoms. The summed E-state index contributed by atoms with van der Waals surface area (Å²) in [6.45, 7) is 4.27. The highest BCUT2D eigenvalue weighted by atomic mass is 16.5. The third kappa shape index (κ3) is 3.51. The number of aromatic nitrogens is 4. The highest BCUT2D eigenvalue weighted by Gasteiger charge is 2.11. The van der Waals surface area contributed by atoms with E-state index in [9.17, 15) is 0 Å². The van der Waals surface area contributed by atoms with E-state index in [1.54, 1.807) is 6.20 Å². The Hall–Kier alpha value is -2.48. The highest BCUT2D eigenvalue weighted by molar-refractivity contribution is 5.36. The van der Waals surface area contributed by atoms with E-state index in [0.29, 0.717) is 12.6 Å². The van der Waals surface area contributed by atoms with Crippen molar-refractivity contribution in [1.29, 1.82) is 0 Å². The molecule has 0 spiro atoms. The van der Waals surface area contributed by atoms with Gasteiger partial charge in [-0.15, -0.1) is 0 Å². The van der Waals surface area contributed by atoms with Gasteiger partial charge in [-0.1, -0.05) is 6.07 Å². The number of rotatable bonds is 6. The summed E-state index contributed by atoms with van der Waals surface area (Å²) in [4.78, 5) is 16.5. The monoisotopic (exact) mass is 275 g/mol. The number of nitrogens with one attached hydrogen (secondary N) is 2. The largest absolute Gasteiger partial charge is 0.464 e. The Kier molecular flexibility index (Phi) is 4.61. The van der Waals surface area contributed by atoms with E-state index in [1.807, 2.05) is 32.0 Å². The minimum atomic E-state index is -0.0568. The fourth-order valence-corrected chi connectivity index (χ4v) is 1.58. The van der Waals surface area contributed by atoms with Gasteiger partial charge >= 0.3 is 6.01 Å². The molecule has 0 aromatic carbocycles. The molecule has 0 amide bonds. The van der Waals surface area contributed by atoms with Crippen LogP contribution in [-0.2, 0) is 0 Å². The van der Waals surface area contributed by atoms with Crippen LogP contribution >= 0.6 is 0 Å². The van der Waals surface area contributed by atoms with Gasteiger partial charge in [0.1, 0.15) is 0 Å². The number of nitrogen functional groups attached to an aromatic ring is 1. The smallest absolute Gasteiger partial charge is 0.323 e. The number of hydrogen-bond donors (Lipinski definition) is 3. The second-order valence-corrected chi connectivity index (χ2v) is 3.96. The Labute approximate surface area is 116 Å². The summed E-state index contributed by atoms with van der Waals surface area (Å²) < 4.78 is 5.26. The summed E-state index contributed by atoms with van der Waals surface area (Å²) in [5.74, 6) is 5.93. The van der Waals surface area contributed by atoms with E-state index >= 15 is 0 Å². The normalized spacial score (nSPS) is 11.8. The SMILES string of the molecule is CCOc1nc(NN)nc(NC(C)c2ccccn2)n1. The summed E-state index contributed by atoms with van der Waals surface area (Å²) in [6, 6.07) is 5.87. The molecule has 0 aliphatic rings. The van der Waals surface area contributed by atoms with Crippen LogP contribution in [-0.4, -0.2) is 26.5 Å². The zero-order chi connectivity index (χ0) is 14.4. The van der Waals surface area contributed by atoms with Crippen LogP contribution in [0.5, 0.6) is 6.01 Å².